The normalized spacial score (nSPS) is 9.58. The van der Waals surface area contributed by atoms with Gasteiger partial charge in [-0.25, -0.2) is 0 Å². The summed E-state index contributed by atoms with van der Waals surface area (Å²) in [5, 5.41) is 3.18. The number of carbonyl (C=O) groups is 1. The van der Waals surface area contributed by atoms with Crippen molar-refractivity contribution in [1.29, 1.82) is 0 Å². The Morgan fingerprint density at radius 3 is 2.83 bits per heavy atom. The Bertz CT molecular complexity index is 289. The number of amides is 1. The minimum atomic E-state index is -0.125. The summed E-state index contributed by atoms with van der Waals surface area (Å²) in [5.41, 5.74) is 1.49. The van der Waals surface area contributed by atoms with E-state index in [1.54, 1.807) is 12.1 Å². The second-order valence-corrected chi connectivity index (χ2v) is 2.91. The van der Waals surface area contributed by atoms with E-state index in [0.29, 0.717) is 10.7 Å². The lowest BCUT2D eigenvalue weighted by molar-refractivity contribution is -0.114. The maximum atomic E-state index is 10.7. The van der Waals surface area contributed by atoms with Crippen LogP contribution in [0.4, 0.5) is 5.69 Å². The van der Waals surface area contributed by atoms with Gasteiger partial charge in [-0.1, -0.05) is 17.7 Å². The Hall–Kier alpha value is -1.02. The molecular weight excluding hydrogens is 174 g/mol. The number of aryl methyl sites for hydroxylation is 1. The molecule has 0 atom stereocenters. The fourth-order valence-corrected chi connectivity index (χ4v) is 1.16. The molecule has 1 amide bonds. The second kappa shape index (κ2) is 3.59. The standard InChI is InChI=1S/C9H9ClNO/c1-6-4-3-5-8(10)9(6)11-7(2)12/h3,5H,1-2H3,(H,11,12). The van der Waals surface area contributed by atoms with Crippen molar-refractivity contribution in [3.05, 3.63) is 28.8 Å². The summed E-state index contributed by atoms with van der Waals surface area (Å²) in [5.74, 6) is -0.125. The van der Waals surface area contributed by atoms with Crippen LogP contribution in [0, 0.1) is 13.0 Å². The third kappa shape index (κ3) is 1.98. The number of carbonyl (C=O) groups excluding carboxylic acids is 1. The number of nitrogens with one attached hydrogen (secondary N) is 1. The Kier molecular flexibility index (Phi) is 2.71. The van der Waals surface area contributed by atoms with Crippen molar-refractivity contribution in [3.63, 3.8) is 0 Å². The van der Waals surface area contributed by atoms with E-state index in [2.05, 4.69) is 11.4 Å². The summed E-state index contributed by atoms with van der Waals surface area (Å²) in [6.07, 6.45) is 0. The molecule has 2 nitrogen and oxygen atoms in total. The number of hydrogen-bond acceptors (Lipinski definition) is 1. The number of halogens is 1. The van der Waals surface area contributed by atoms with Crippen molar-refractivity contribution >= 4 is 23.2 Å². The van der Waals surface area contributed by atoms with E-state index in [-0.39, 0.29) is 5.91 Å². The van der Waals surface area contributed by atoms with Gasteiger partial charge in [0.2, 0.25) is 5.91 Å². The maximum absolute atomic E-state index is 10.7. The minimum Gasteiger partial charge on any atom is -0.325 e. The van der Waals surface area contributed by atoms with Crippen LogP contribution in [0.1, 0.15) is 12.5 Å². The van der Waals surface area contributed by atoms with Crippen LogP contribution in [0.15, 0.2) is 12.1 Å². The molecule has 0 heterocycles. The number of benzene rings is 1. The van der Waals surface area contributed by atoms with Crippen LogP contribution in [0.3, 0.4) is 0 Å². The zero-order valence-corrected chi connectivity index (χ0v) is 7.70. The third-order valence-electron chi connectivity index (χ3n) is 1.44. The van der Waals surface area contributed by atoms with Crippen LogP contribution in [-0.4, -0.2) is 5.91 Å². The molecule has 1 aromatic rings. The molecule has 63 valence electrons. The van der Waals surface area contributed by atoms with E-state index < -0.39 is 0 Å². The van der Waals surface area contributed by atoms with Gasteiger partial charge in [0.1, 0.15) is 0 Å². The summed E-state index contributed by atoms with van der Waals surface area (Å²) in [4.78, 5) is 10.7. The van der Waals surface area contributed by atoms with Crippen molar-refractivity contribution in [1.82, 2.24) is 0 Å². The number of rotatable bonds is 1. The van der Waals surface area contributed by atoms with E-state index in [0.717, 1.165) is 5.56 Å². The maximum Gasteiger partial charge on any atom is 0.221 e. The van der Waals surface area contributed by atoms with Gasteiger partial charge in [0.15, 0.2) is 0 Å². The predicted molar refractivity (Wildman–Crippen MR) is 49.3 cm³/mol. The van der Waals surface area contributed by atoms with Crippen molar-refractivity contribution < 1.29 is 4.79 Å². The average molecular weight is 183 g/mol. The van der Waals surface area contributed by atoms with Crippen molar-refractivity contribution in [2.24, 2.45) is 0 Å². The third-order valence-corrected chi connectivity index (χ3v) is 1.76. The highest BCUT2D eigenvalue weighted by Crippen LogP contribution is 2.24. The van der Waals surface area contributed by atoms with Gasteiger partial charge in [0, 0.05) is 6.92 Å². The first kappa shape index (κ1) is 9.07. The van der Waals surface area contributed by atoms with Gasteiger partial charge in [-0.2, -0.15) is 0 Å². The lowest BCUT2D eigenvalue weighted by Crippen LogP contribution is -2.07. The molecule has 0 unspecified atom stereocenters. The van der Waals surface area contributed by atoms with E-state index in [1.165, 1.54) is 6.92 Å². The first-order valence-corrected chi connectivity index (χ1v) is 3.93. The molecular formula is C9H9ClNO. The van der Waals surface area contributed by atoms with Crippen LogP contribution < -0.4 is 5.32 Å². The molecule has 0 aliphatic rings. The van der Waals surface area contributed by atoms with Crippen LogP contribution in [-0.2, 0) is 4.79 Å². The molecule has 0 fully saturated rings. The quantitative estimate of drug-likeness (QED) is 0.710. The molecule has 0 spiro atoms. The summed E-state index contributed by atoms with van der Waals surface area (Å²) < 4.78 is 0. The minimum absolute atomic E-state index is 0.125. The zero-order valence-electron chi connectivity index (χ0n) is 6.94. The summed E-state index contributed by atoms with van der Waals surface area (Å²) in [6.45, 7) is 3.29. The van der Waals surface area contributed by atoms with Crippen LogP contribution in [0.5, 0.6) is 0 Å². The number of hydrogen-bond donors (Lipinski definition) is 1. The molecule has 0 aromatic heterocycles. The number of anilines is 1. The highest BCUT2D eigenvalue weighted by atomic mass is 35.5. The SMILES string of the molecule is CC(=O)Nc1c(C)[c]ccc1Cl. The summed E-state index contributed by atoms with van der Waals surface area (Å²) in [6, 6.07) is 6.37. The molecule has 1 aromatic carbocycles. The molecule has 1 rings (SSSR count). The summed E-state index contributed by atoms with van der Waals surface area (Å²) >= 11 is 5.84. The highest BCUT2D eigenvalue weighted by Gasteiger charge is 2.03. The van der Waals surface area contributed by atoms with E-state index >= 15 is 0 Å². The molecule has 0 bridgehead atoms. The van der Waals surface area contributed by atoms with Gasteiger partial charge >= 0.3 is 0 Å². The van der Waals surface area contributed by atoms with Gasteiger partial charge in [-0.05, 0) is 24.6 Å². The lowest BCUT2D eigenvalue weighted by Gasteiger charge is -2.06. The van der Waals surface area contributed by atoms with Crippen LogP contribution in [0.25, 0.3) is 0 Å². The Balaban J connectivity index is 3.04. The van der Waals surface area contributed by atoms with Gasteiger partial charge < -0.3 is 5.32 Å². The lowest BCUT2D eigenvalue weighted by atomic mass is 10.2. The van der Waals surface area contributed by atoms with Gasteiger partial charge in [0.05, 0.1) is 10.7 Å². The predicted octanol–water partition coefficient (Wildman–Crippen LogP) is 2.41. The molecule has 0 aliphatic heterocycles. The van der Waals surface area contributed by atoms with E-state index in [9.17, 15) is 4.79 Å². The fourth-order valence-electron chi connectivity index (χ4n) is 0.904. The average Bonchev–Trinajstić information content (AvgIpc) is 1.97. The molecule has 1 N–H and O–H groups in total. The molecule has 1 radical (unpaired) electrons. The largest absolute Gasteiger partial charge is 0.325 e. The van der Waals surface area contributed by atoms with Gasteiger partial charge in [0.25, 0.3) is 0 Å². The van der Waals surface area contributed by atoms with E-state index in [4.69, 9.17) is 11.6 Å². The van der Waals surface area contributed by atoms with E-state index in [1.807, 2.05) is 6.92 Å². The first-order valence-electron chi connectivity index (χ1n) is 3.55. The Morgan fingerprint density at radius 2 is 2.33 bits per heavy atom. The Labute approximate surface area is 76.5 Å². The van der Waals surface area contributed by atoms with Crippen molar-refractivity contribution in [3.8, 4) is 0 Å². The summed E-state index contributed by atoms with van der Waals surface area (Å²) in [7, 11) is 0. The second-order valence-electron chi connectivity index (χ2n) is 2.51. The Morgan fingerprint density at radius 1 is 1.67 bits per heavy atom. The highest BCUT2D eigenvalue weighted by molar-refractivity contribution is 6.33. The topological polar surface area (TPSA) is 29.1 Å². The molecule has 0 saturated carbocycles. The zero-order chi connectivity index (χ0) is 9.14. The van der Waals surface area contributed by atoms with Gasteiger partial charge in [-0.3, -0.25) is 4.79 Å². The van der Waals surface area contributed by atoms with Crippen LogP contribution >= 0.6 is 11.6 Å². The molecule has 3 heteroatoms. The first-order chi connectivity index (χ1) is 5.61. The molecule has 0 saturated heterocycles. The fraction of sp³-hybridized carbons (Fsp3) is 0.222. The van der Waals surface area contributed by atoms with Crippen molar-refractivity contribution in [2.75, 3.05) is 5.32 Å². The molecule has 0 aliphatic carbocycles. The smallest absolute Gasteiger partial charge is 0.221 e. The van der Waals surface area contributed by atoms with Crippen LogP contribution in [0.2, 0.25) is 5.02 Å². The monoisotopic (exact) mass is 182 g/mol. The van der Waals surface area contributed by atoms with Gasteiger partial charge in [-0.15, -0.1) is 0 Å². The van der Waals surface area contributed by atoms with Crippen molar-refractivity contribution in [2.45, 2.75) is 13.8 Å². The molecule has 12 heavy (non-hydrogen) atoms.